The number of likely N-dealkylation sites (tertiary alicyclic amines) is 1. The van der Waals surface area contributed by atoms with E-state index in [1.165, 1.54) is 19.4 Å². The zero-order valence-electron chi connectivity index (χ0n) is 10.2. The fourth-order valence-electron chi connectivity index (χ4n) is 2.46. The van der Waals surface area contributed by atoms with Crippen LogP contribution in [0.3, 0.4) is 0 Å². The minimum Gasteiger partial charge on any atom is -0.390 e. The molecule has 1 N–H and O–H groups in total. The lowest BCUT2D eigenvalue weighted by Crippen LogP contribution is -2.34. The number of aliphatic hydroxyl groups is 1. The fraction of sp³-hybridized carbons (Fsp3) is 0.750. The van der Waals surface area contributed by atoms with Gasteiger partial charge < -0.3 is 10.0 Å². The predicted molar refractivity (Wildman–Crippen MR) is 63.2 cm³/mol. The van der Waals surface area contributed by atoms with Crippen molar-refractivity contribution in [3.05, 3.63) is 17.5 Å². The van der Waals surface area contributed by atoms with Gasteiger partial charge in [-0.1, -0.05) is 6.92 Å². The number of aryl methyl sites for hydroxylation is 1. The molecule has 0 spiro atoms. The molecule has 4 heteroatoms. The van der Waals surface area contributed by atoms with Crippen molar-refractivity contribution >= 4 is 0 Å². The lowest BCUT2D eigenvalue weighted by atomic mass is 9.95. The zero-order chi connectivity index (χ0) is 11.5. The van der Waals surface area contributed by atoms with Crippen LogP contribution in [-0.2, 0) is 13.7 Å². The molecule has 1 aromatic heterocycles. The topological polar surface area (TPSA) is 41.3 Å². The van der Waals surface area contributed by atoms with Crippen LogP contribution in [0.4, 0.5) is 0 Å². The molecule has 0 bridgehead atoms. The first-order valence-electron chi connectivity index (χ1n) is 6.10. The minimum atomic E-state index is 0.0771. The normalized spacial score (nSPS) is 22.6. The second kappa shape index (κ2) is 4.97. The van der Waals surface area contributed by atoms with Gasteiger partial charge in [-0.05, 0) is 32.0 Å². The Balaban J connectivity index is 2.10. The number of aliphatic hydroxyl groups excluding tert-OH is 1. The summed E-state index contributed by atoms with van der Waals surface area (Å²) in [4.78, 5) is 2.47. The summed E-state index contributed by atoms with van der Waals surface area (Å²) >= 11 is 0. The number of hydrogen-bond acceptors (Lipinski definition) is 3. The highest BCUT2D eigenvalue weighted by molar-refractivity contribution is 5.15. The molecule has 1 fully saturated rings. The Morgan fingerprint density at radius 3 is 3.00 bits per heavy atom. The third-order valence-electron chi connectivity index (χ3n) is 3.53. The second-order valence-corrected chi connectivity index (χ2v) is 4.57. The number of nitrogens with zero attached hydrogens (tertiary/aromatic N) is 3. The summed E-state index contributed by atoms with van der Waals surface area (Å²) in [5.41, 5.74) is 2.05. The first kappa shape index (κ1) is 11.6. The summed E-state index contributed by atoms with van der Waals surface area (Å²) in [5, 5.41) is 13.7. The quantitative estimate of drug-likeness (QED) is 0.834. The van der Waals surface area contributed by atoms with E-state index < -0.39 is 0 Å². The van der Waals surface area contributed by atoms with Crippen molar-refractivity contribution in [1.82, 2.24) is 14.7 Å². The number of aromatic nitrogens is 2. The summed E-state index contributed by atoms with van der Waals surface area (Å²) in [6, 6.07) is 2.05. The zero-order valence-corrected chi connectivity index (χ0v) is 10.2. The second-order valence-electron chi connectivity index (χ2n) is 4.57. The van der Waals surface area contributed by atoms with Crippen molar-refractivity contribution in [1.29, 1.82) is 0 Å². The fourth-order valence-corrected chi connectivity index (χ4v) is 2.46. The maximum Gasteiger partial charge on any atom is 0.0849 e. The molecule has 2 rings (SSSR count). The van der Waals surface area contributed by atoms with E-state index in [4.69, 9.17) is 5.11 Å². The van der Waals surface area contributed by atoms with Crippen LogP contribution in [0.15, 0.2) is 6.07 Å². The standard InChI is InChI=1S/C12H21N3O/c1-3-15-6-4-5-10(8-15)12-7-11(9-16)14(2)13-12/h7,10,16H,3-6,8-9H2,1-2H3. The highest BCUT2D eigenvalue weighted by Gasteiger charge is 2.22. The third-order valence-corrected chi connectivity index (χ3v) is 3.53. The molecule has 1 atom stereocenters. The van der Waals surface area contributed by atoms with Crippen LogP contribution in [-0.4, -0.2) is 39.4 Å². The van der Waals surface area contributed by atoms with E-state index in [1.807, 2.05) is 13.1 Å². The smallest absolute Gasteiger partial charge is 0.0849 e. The average Bonchev–Trinajstić information content (AvgIpc) is 2.71. The largest absolute Gasteiger partial charge is 0.390 e. The molecule has 0 radical (unpaired) electrons. The Kier molecular flexibility index (Phi) is 3.61. The monoisotopic (exact) mass is 223 g/mol. The van der Waals surface area contributed by atoms with Crippen LogP contribution in [0.1, 0.15) is 37.1 Å². The van der Waals surface area contributed by atoms with Gasteiger partial charge in [-0.2, -0.15) is 5.10 Å². The molecule has 1 aromatic rings. The highest BCUT2D eigenvalue weighted by Crippen LogP contribution is 2.26. The molecule has 0 aromatic carbocycles. The van der Waals surface area contributed by atoms with Crippen LogP contribution in [0.2, 0.25) is 0 Å². The van der Waals surface area contributed by atoms with Crippen molar-refractivity contribution in [3.8, 4) is 0 Å². The Labute approximate surface area is 96.9 Å². The Bertz CT molecular complexity index is 348. The van der Waals surface area contributed by atoms with Crippen LogP contribution in [0.5, 0.6) is 0 Å². The van der Waals surface area contributed by atoms with Crippen molar-refractivity contribution in [2.45, 2.75) is 32.3 Å². The Morgan fingerprint density at radius 2 is 2.38 bits per heavy atom. The first-order chi connectivity index (χ1) is 7.74. The molecule has 0 aliphatic carbocycles. The Morgan fingerprint density at radius 1 is 1.56 bits per heavy atom. The molecule has 1 unspecified atom stereocenters. The molecule has 16 heavy (non-hydrogen) atoms. The van der Waals surface area contributed by atoms with E-state index in [1.54, 1.807) is 4.68 Å². The van der Waals surface area contributed by atoms with Gasteiger partial charge in [0, 0.05) is 19.5 Å². The number of rotatable bonds is 3. The van der Waals surface area contributed by atoms with Crippen molar-refractivity contribution in [2.75, 3.05) is 19.6 Å². The van der Waals surface area contributed by atoms with Gasteiger partial charge in [0.25, 0.3) is 0 Å². The molecule has 0 saturated carbocycles. The number of likely N-dealkylation sites (N-methyl/N-ethyl adjacent to an activating group) is 1. The summed E-state index contributed by atoms with van der Waals surface area (Å²) in [6.07, 6.45) is 2.47. The summed E-state index contributed by atoms with van der Waals surface area (Å²) in [7, 11) is 1.90. The molecule has 4 nitrogen and oxygen atoms in total. The predicted octanol–water partition coefficient (Wildman–Crippen LogP) is 1.11. The molecule has 1 saturated heterocycles. The summed E-state index contributed by atoms with van der Waals surface area (Å²) < 4.78 is 1.79. The van der Waals surface area contributed by atoms with Crippen molar-refractivity contribution < 1.29 is 5.11 Å². The third kappa shape index (κ3) is 2.28. The number of piperidine rings is 1. The van der Waals surface area contributed by atoms with Crippen molar-refractivity contribution in [2.24, 2.45) is 7.05 Å². The summed E-state index contributed by atoms with van der Waals surface area (Å²) in [5.74, 6) is 0.542. The highest BCUT2D eigenvalue weighted by atomic mass is 16.3. The van der Waals surface area contributed by atoms with Gasteiger partial charge in [0.2, 0.25) is 0 Å². The molecule has 90 valence electrons. The molecule has 2 heterocycles. The number of hydrogen-bond donors (Lipinski definition) is 1. The van der Waals surface area contributed by atoms with Gasteiger partial charge in [0.1, 0.15) is 0 Å². The van der Waals surface area contributed by atoms with E-state index in [0.29, 0.717) is 5.92 Å². The SMILES string of the molecule is CCN1CCCC(c2cc(CO)n(C)n2)C1. The van der Waals surface area contributed by atoms with Gasteiger partial charge >= 0.3 is 0 Å². The lowest BCUT2D eigenvalue weighted by molar-refractivity contribution is 0.215. The van der Waals surface area contributed by atoms with Crippen LogP contribution >= 0.6 is 0 Å². The molecule has 1 aliphatic rings. The van der Waals surface area contributed by atoms with E-state index in [0.717, 1.165) is 24.5 Å². The first-order valence-corrected chi connectivity index (χ1v) is 6.10. The van der Waals surface area contributed by atoms with Crippen LogP contribution in [0.25, 0.3) is 0 Å². The lowest BCUT2D eigenvalue weighted by Gasteiger charge is -2.30. The van der Waals surface area contributed by atoms with E-state index >= 15 is 0 Å². The molecular weight excluding hydrogens is 202 g/mol. The van der Waals surface area contributed by atoms with E-state index in [2.05, 4.69) is 16.9 Å². The van der Waals surface area contributed by atoms with Crippen LogP contribution < -0.4 is 0 Å². The van der Waals surface area contributed by atoms with Gasteiger partial charge in [0.05, 0.1) is 18.0 Å². The van der Waals surface area contributed by atoms with Gasteiger partial charge in [0.15, 0.2) is 0 Å². The van der Waals surface area contributed by atoms with E-state index in [-0.39, 0.29) is 6.61 Å². The van der Waals surface area contributed by atoms with Crippen LogP contribution in [0, 0.1) is 0 Å². The Hall–Kier alpha value is -0.870. The maximum atomic E-state index is 9.16. The molecule has 0 amide bonds. The minimum absolute atomic E-state index is 0.0771. The van der Waals surface area contributed by atoms with E-state index in [9.17, 15) is 0 Å². The molecule has 1 aliphatic heterocycles. The van der Waals surface area contributed by atoms with Gasteiger partial charge in [-0.3, -0.25) is 4.68 Å². The maximum absolute atomic E-state index is 9.16. The summed E-state index contributed by atoms with van der Waals surface area (Å²) in [6.45, 7) is 5.73. The molecular formula is C12H21N3O. The van der Waals surface area contributed by atoms with Gasteiger partial charge in [-0.15, -0.1) is 0 Å². The van der Waals surface area contributed by atoms with Crippen molar-refractivity contribution in [3.63, 3.8) is 0 Å². The van der Waals surface area contributed by atoms with Gasteiger partial charge in [-0.25, -0.2) is 0 Å². The average molecular weight is 223 g/mol.